The van der Waals surface area contributed by atoms with Gasteiger partial charge in [0.05, 0.1) is 5.56 Å². The van der Waals surface area contributed by atoms with Crippen molar-refractivity contribution in [3.63, 3.8) is 0 Å². The van der Waals surface area contributed by atoms with Crippen molar-refractivity contribution in [2.24, 2.45) is 0 Å². The summed E-state index contributed by atoms with van der Waals surface area (Å²) >= 11 is 1.98. The predicted molar refractivity (Wildman–Crippen MR) is 51.4 cm³/mol. The minimum atomic E-state index is 0.555. The molecular formula is C8H3IN2O. The third-order valence-electron chi connectivity index (χ3n) is 1.51. The number of nitriles is 1. The van der Waals surface area contributed by atoms with E-state index in [4.69, 9.17) is 9.68 Å². The summed E-state index contributed by atoms with van der Waals surface area (Å²) in [7, 11) is 0. The lowest BCUT2D eigenvalue weighted by Crippen LogP contribution is -1.76. The molecule has 1 aromatic carbocycles. The van der Waals surface area contributed by atoms with Gasteiger partial charge in [-0.3, -0.25) is 0 Å². The van der Waals surface area contributed by atoms with Gasteiger partial charge >= 0.3 is 0 Å². The molecule has 3 nitrogen and oxygen atoms in total. The first kappa shape index (κ1) is 7.55. The summed E-state index contributed by atoms with van der Waals surface area (Å²) in [6, 6.07) is 7.36. The average Bonchev–Trinajstić information content (AvgIpc) is 2.44. The van der Waals surface area contributed by atoms with Crippen LogP contribution in [0, 0.1) is 15.2 Å². The van der Waals surface area contributed by atoms with E-state index in [1.54, 1.807) is 18.2 Å². The summed E-state index contributed by atoms with van der Waals surface area (Å²) in [5.41, 5.74) is 1.86. The third-order valence-corrected chi connectivity index (χ3v) is 1.97. The number of fused-ring (bicyclic) bond motifs is 1. The molecule has 0 unspecified atom stereocenters. The van der Waals surface area contributed by atoms with Crippen LogP contribution in [0.5, 0.6) is 0 Å². The van der Waals surface area contributed by atoms with Crippen LogP contribution in [0.2, 0.25) is 0 Å². The molecule has 1 heterocycles. The van der Waals surface area contributed by atoms with Gasteiger partial charge in [0, 0.05) is 22.6 Å². The smallest absolute Gasteiger partial charge is 0.258 e. The van der Waals surface area contributed by atoms with Crippen LogP contribution in [-0.2, 0) is 0 Å². The molecule has 0 atom stereocenters. The number of hydrogen-bond donors (Lipinski definition) is 0. The molecule has 4 heteroatoms. The van der Waals surface area contributed by atoms with E-state index in [0.29, 0.717) is 20.6 Å². The van der Waals surface area contributed by atoms with Crippen LogP contribution in [0.15, 0.2) is 22.6 Å². The van der Waals surface area contributed by atoms with Crippen LogP contribution in [-0.4, -0.2) is 4.98 Å². The highest BCUT2D eigenvalue weighted by molar-refractivity contribution is 14.1. The van der Waals surface area contributed by atoms with Crippen molar-refractivity contribution in [3.05, 3.63) is 27.7 Å². The number of benzene rings is 1. The van der Waals surface area contributed by atoms with Gasteiger partial charge in [-0.2, -0.15) is 5.26 Å². The van der Waals surface area contributed by atoms with Crippen molar-refractivity contribution in [1.82, 2.24) is 4.98 Å². The Kier molecular flexibility index (Phi) is 1.73. The van der Waals surface area contributed by atoms with E-state index in [0.717, 1.165) is 0 Å². The van der Waals surface area contributed by atoms with Crippen molar-refractivity contribution in [1.29, 1.82) is 5.26 Å². The minimum absolute atomic E-state index is 0.555. The van der Waals surface area contributed by atoms with E-state index in [2.05, 4.69) is 11.1 Å². The van der Waals surface area contributed by atoms with Gasteiger partial charge in [-0.25, -0.2) is 4.98 Å². The summed E-state index contributed by atoms with van der Waals surface area (Å²) < 4.78 is 5.80. The second kappa shape index (κ2) is 2.75. The van der Waals surface area contributed by atoms with Crippen LogP contribution in [0.4, 0.5) is 0 Å². The second-order valence-electron chi connectivity index (χ2n) is 2.23. The lowest BCUT2D eigenvalue weighted by molar-refractivity contribution is 0.566. The molecule has 0 saturated carbocycles. The molecule has 2 rings (SSSR count). The molecule has 0 fully saturated rings. The molecule has 0 aliphatic rings. The Morgan fingerprint density at radius 2 is 2.33 bits per heavy atom. The summed E-state index contributed by atoms with van der Waals surface area (Å²) in [6.45, 7) is 0. The number of aromatic nitrogens is 1. The number of hydrogen-bond acceptors (Lipinski definition) is 3. The molecule has 0 spiro atoms. The Hall–Kier alpha value is -1.09. The zero-order valence-corrected chi connectivity index (χ0v) is 8.07. The zero-order chi connectivity index (χ0) is 8.55. The molecule has 0 aliphatic heterocycles. The Morgan fingerprint density at radius 3 is 3.08 bits per heavy atom. The van der Waals surface area contributed by atoms with Crippen LogP contribution in [0.3, 0.4) is 0 Å². The second-order valence-corrected chi connectivity index (χ2v) is 3.15. The summed E-state index contributed by atoms with van der Waals surface area (Å²) in [4.78, 5) is 4.08. The molecule has 0 saturated heterocycles. The molecular weight excluding hydrogens is 267 g/mol. The van der Waals surface area contributed by atoms with Crippen LogP contribution >= 0.6 is 22.6 Å². The predicted octanol–water partition coefficient (Wildman–Crippen LogP) is 2.30. The van der Waals surface area contributed by atoms with Crippen LogP contribution in [0.1, 0.15) is 5.56 Å². The number of nitrogens with zero attached hydrogens (tertiary/aromatic N) is 2. The van der Waals surface area contributed by atoms with Crippen LogP contribution < -0.4 is 0 Å². The molecule has 0 radical (unpaired) electrons. The lowest BCUT2D eigenvalue weighted by atomic mass is 10.2. The highest BCUT2D eigenvalue weighted by Gasteiger charge is 2.06. The quantitative estimate of drug-likeness (QED) is 0.690. The van der Waals surface area contributed by atoms with Gasteiger partial charge < -0.3 is 4.42 Å². The Balaban J connectivity index is 2.89. The summed E-state index contributed by atoms with van der Waals surface area (Å²) in [5, 5.41) is 8.71. The number of rotatable bonds is 0. The summed E-state index contributed by atoms with van der Waals surface area (Å²) in [6.07, 6.45) is 0. The zero-order valence-electron chi connectivity index (χ0n) is 5.91. The Bertz CT molecular complexity index is 469. The monoisotopic (exact) mass is 270 g/mol. The minimum Gasteiger partial charge on any atom is -0.432 e. The maximum Gasteiger partial charge on any atom is 0.258 e. The number of para-hydroxylation sites is 1. The van der Waals surface area contributed by atoms with Crippen molar-refractivity contribution < 1.29 is 4.42 Å². The van der Waals surface area contributed by atoms with E-state index >= 15 is 0 Å². The first-order valence-electron chi connectivity index (χ1n) is 3.26. The molecule has 0 N–H and O–H groups in total. The first-order chi connectivity index (χ1) is 5.81. The molecule has 12 heavy (non-hydrogen) atoms. The van der Waals surface area contributed by atoms with E-state index < -0.39 is 0 Å². The third kappa shape index (κ3) is 1.06. The molecule has 2 aromatic rings. The fraction of sp³-hybridized carbons (Fsp3) is 0. The van der Waals surface area contributed by atoms with Gasteiger partial charge in [0.15, 0.2) is 5.58 Å². The standard InChI is InChI=1S/C8H3IN2O/c9-8-11-7-5(4-10)2-1-3-6(7)12-8/h1-3H. The fourth-order valence-electron chi connectivity index (χ4n) is 1.01. The number of oxazole rings is 1. The highest BCUT2D eigenvalue weighted by atomic mass is 127. The molecule has 0 bridgehead atoms. The van der Waals surface area contributed by atoms with Crippen molar-refractivity contribution in [2.45, 2.75) is 0 Å². The lowest BCUT2D eigenvalue weighted by Gasteiger charge is -1.86. The summed E-state index contributed by atoms with van der Waals surface area (Å²) in [5.74, 6) is 0. The first-order valence-corrected chi connectivity index (χ1v) is 4.34. The van der Waals surface area contributed by atoms with Gasteiger partial charge in [0.2, 0.25) is 0 Å². The van der Waals surface area contributed by atoms with Gasteiger partial charge in [-0.1, -0.05) is 6.07 Å². The number of halogens is 1. The maximum absolute atomic E-state index is 8.71. The topological polar surface area (TPSA) is 49.8 Å². The van der Waals surface area contributed by atoms with Gasteiger partial charge in [-0.05, 0) is 12.1 Å². The van der Waals surface area contributed by atoms with E-state index in [1.165, 1.54) is 0 Å². The SMILES string of the molecule is N#Cc1cccc2oc(I)nc12. The Labute approximate surface area is 82.1 Å². The molecule has 0 aliphatic carbocycles. The Morgan fingerprint density at radius 1 is 1.50 bits per heavy atom. The van der Waals surface area contributed by atoms with Gasteiger partial charge in [-0.15, -0.1) is 0 Å². The van der Waals surface area contributed by atoms with Crippen LogP contribution in [0.25, 0.3) is 11.1 Å². The maximum atomic E-state index is 8.71. The largest absolute Gasteiger partial charge is 0.432 e. The van der Waals surface area contributed by atoms with Crippen molar-refractivity contribution >= 4 is 33.7 Å². The fourth-order valence-corrected chi connectivity index (χ4v) is 1.49. The van der Waals surface area contributed by atoms with E-state index in [9.17, 15) is 0 Å². The van der Waals surface area contributed by atoms with Crippen molar-refractivity contribution in [3.8, 4) is 6.07 Å². The molecule has 1 aromatic heterocycles. The highest BCUT2D eigenvalue weighted by Crippen LogP contribution is 2.19. The van der Waals surface area contributed by atoms with E-state index in [-0.39, 0.29) is 0 Å². The van der Waals surface area contributed by atoms with E-state index in [1.807, 2.05) is 22.6 Å². The molecule has 0 amide bonds. The van der Waals surface area contributed by atoms with Gasteiger partial charge in [0.1, 0.15) is 11.6 Å². The van der Waals surface area contributed by atoms with Gasteiger partial charge in [0.25, 0.3) is 3.90 Å². The van der Waals surface area contributed by atoms with Crippen molar-refractivity contribution in [2.75, 3.05) is 0 Å². The molecule has 58 valence electrons. The normalized spacial score (nSPS) is 10.0. The average molecular weight is 270 g/mol.